The third kappa shape index (κ3) is 3.51. The van der Waals surface area contributed by atoms with Gasteiger partial charge in [0.25, 0.3) is 5.91 Å². The number of H-pyrrole nitrogens is 1. The van der Waals surface area contributed by atoms with Crippen LogP contribution < -0.4 is 11.1 Å². The van der Waals surface area contributed by atoms with Crippen molar-refractivity contribution in [2.45, 2.75) is 19.3 Å². The van der Waals surface area contributed by atoms with Gasteiger partial charge in [0.1, 0.15) is 11.3 Å². The van der Waals surface area contributed by atoms with Crippen molar-refractivity contribution in [1.29, 1.82) is 0 Å². The Labute approximate surface area is 161 Å². The van der Waals surface area contributed by atoms with Crippen LogP contribution in [0.15, 0.2) is 48.8 Å². The zero-order chi connectivity index (χ0) is 19.5. The van der Waals surface area contributed by atoms with Gasteiger partial charge >= 0.3 is 0 Å². The van der Waals surface area contributed by atoms with E-state index in [9.17, 15) is 9.18 Å². The molecule has 0 radical (unpaired) electrons. The number of carbonyl (C=O) groups excluding carboxylic acids is 1. The Morgan fingerprint density at radius 3 is 2.79 bits per heavy atom. The fourth-order valence-corrected chi connectivity index (χ4v) is 3.38. The maximum atomic E-state index is 12.9. The molecule has 0 aliphatic heterocycles. The fourth-order valence-electron chi connectivity index (χ4n) is 3.38. The van der Waals surface area contributed by atoms with Crippen LogP contribution in [-0.4, -0.2) is 27.4 Å². The largest absolute Gasteiger partial charge is 0.382 e. The van der Waals surface area contributed by atoms with Gasteiger partial charge in [0.05, 0.1) is 17.4 Å². The van der Waals surface area contributed by atoms with Crippen LogP contribution in [0.4, 0.5) is 10.2 Å². The zero-order valence-corrected chi connectivity index (χ0v) is 15.2. The molecule has 0 saturated carbocycles. The number of hydrogen-bond donors (Lipinski definition) is 3. The Morgan fingerprint density at radius 1 is 1.14 bits per heavy atom. The first-order valence-electron chi connectivity index (χ1n) is 9.17. The van der Waals surface area contributed by atoms with E-state index < -0.39 is 0 Å². The Morgan fingerprint density at radius 2 is 1.96 bits per heavy atom. The van der Waals surface area contributed by atoms with E-state index in [-0.39, 0.29) is 11.7 Å². The normalized spacial score (nSPS) is 11.2. The number of nitrogens with two attached hydrogens (primary N) is 1. The molecule has 0 spiro atoms. The van der Waals surface area contributed by atoms with Gasteiger partial charge in [-0.1, -0.05) is 12.1 Å². The number of carbonyl (C=O) groups is 1. The Kier molecular flexibility index (Phi) is 4.89. The van der Waals surface area contributed by atoms with Crippen LogP contribution >= 0.6 is 0 Å². The highest BCUT2D eigenvalue weighted by molar-refractivity contribution is 6.07. The molecule has 0 atom stereocenters. The first kappa shape index (κ1) is 17.9. The predicted molar refractivity (Wildman–Crippen MR) is 107 cm³/mol. The van der Waals surface area contributed by atoms with Gasteiger partial charge in [-0.3, -0.25) is 4.79 Å². The van der Waals surface area contributed by atoms with Crippen molar-refractivity contribution in [2.75, 3.05) is 12.3 Å². The second-order valence-electron chi connectivity index (χ2n) is 6.65. The monoisotopic (exact) mass is 377 g/mol. The number of anilines is 1. The lowest BCUT2D eigenvalue weighted by Crippen LogP contribution is -2.24. The highest BCUT2D eigenvalue weighted by atomic mass is 19.1. The highest BCUT2D eigenvalue weighted by Crippen LogP contribution is 2.28. The lowest BCUT2D eigenvalue weighted by Gasteiger charge is -2.09. The van der Waals surface area contributed by atoms with E-state index >= 15 is 0 Å². The van der Waals surface area contributed by atoms with Crippen molar-refractivity contribution in [1.82, 2.24) is 20.3 Å². The summed E-state index contributed by atoms with van der Waals surface area (Å²) >= 11 is 0. The van der Waals surface area contributed by atoms with Crippen LogP contribution in [0.25, 0.3) is 21.9 Å². The topological polar surface area (TPSA) is 96.7 Å². The molecule has 7 heteroatoms. The first-order valence-corrected chi connectivity index (χ1v) is 9.17. The Balaban J connectivity index is 1.39. The molecule has 0 unspecified atom stereocenters. The Bertz CT molecular complexity index is 1140. The SMILES string of the molecule is Nc1nc2cccc(CCCCNC(=O)c3ccc(F)cc3)c2c2[nH]cnc12. The molecule has 0 saturated heterocycles. The molecule has 1 amide bonds. The number of pyridine rings is 1. The molecule has 142 valence electrons. The predicted octanol–water partition coefficient (Wildman–Crippen LogP) is 3.59. The summed E-state index contributed by atoms with van der Waals surface area (Å²) in [5.41, 5.74) is 10.1. The van der Waals surface area contributed by atoms with Crippen LogP contribution in [0, 0.1) is 5.82 Å². The van der Waals surface area contributed by atoms with E-state index in [1.54, 1.807) is 6.33 Å². The van der Waals surface area contributed by atoms with Crippen LogP contribution in [-0.2, 0) is 6.42 Å². The molecule has 2 aromatic heterocycles. The smallest absolute Gasteiger partial charge is 0.251 e. The number of aromatic nitrogens is 3. The summed E-state index contributed by atoms with van der Waals surface area (Å²) in [6, 6.07) is 11.5. The number of fused-ring (bicyclic) bond motifs is 3. The third-order valence-electron chi connectivity index (χ3n) is 4.77. The molecule has 4 rings (SSSR count). The number of nitrogens with one attached hydrogen (secondary N) is 2. The van der Waals surface area contributed by atoms with Gasteiger partial charge in [-0.05, 0) is 55.2 Å². The van der Waals surface area contributed by atoms with Gasteiger partial charge in [0.15, 0.2) is 5.82 Å². The molecular formula is C21H20FN5O. The minimum Gasteiger partial charge on any atom is -0.382 e. The molecule has 0 bridgehead atoms. The molecule has 0 aliphatic carbocycles. The average molecular weight is 377 g/mol. The van der Waals surface area contributed by atoms with E-state index in [1.807, 2.05) is 12.1 Å². The Hall–Kier alpha value is -3.48. The number of nitrogen functional groups attached to an aromatic ring is 1. The maximum Gasteiger partial charge on any atom is 0.251 e. The van der Waals surface area contributed by atoms with E-state index in [0.717, 1.165) is 35.7 Å². The number of amides is 1. The number of aryl methyl sites for hydroxylation is 1. The quantitative estimate of drug-likeness (QED) is 0.447. The average Bonchev–Trinajstić information content (AvgIpc) is 3.18. The molecule has 2 heterocycles. The molecule has 6 nitrogen and oxygen atoms in total. The molecule has 2 aromatic carbocycles. The summed E-state index contributed by atoms with van der Waals surface area (Å²) in [7, 11) is 0. The van der Waals surface area contributed by atoms with Crippen LogP contribution in [0.2, 0.25) is 0 Å². The number of benzene rings is 2. The van der Waals surface area contributed by atoms with Crippen molar-refractivity contribution in [3.63, 3.8) is 0 Å². The summed E-state index contributed by atoms with van der Waals surface area (Å²) in [6.07, 6.45) is 4.22. The van der Waals surface area contributed by atoms with Gasteiger partial charge in [-0.25, -0.2) is 14.4 Å². The first-order chi connectivity index (χ1) is 13.6. The number of imidazole rings is 1. The molecule has 4 aromatic rings. The number of aromatic amines is 1. The van der Waals surface area contributed by atoms with Gasteiger partial charge in [-0.2, -0.15) is 0 Å². The highest BCUT2D eigenvalue weighted by Gasteiger charge is 2.12. The van der Waals surface area contributed by atoms with Crippen LogP contribution in [0.1, 0.15) is 28.8 Å². The third-order valence-corrected chi connectivity index (χ3v) is 4.77. The second kappa shape index (κ2) is 7.64. The standard InChI is InChI=1S/C21H20FN5O/c22-15-9-7-14(8-10-15)21(28)24-11-2-1-4-13-5-3-6-16-17(13)18-19(20(23)27-16)26-12-25-18/h3,5-10,12H,1-2,4,11H2,(H2,23,27)(H,24,28)(H,25,26). The molecule has 4 N–H and O–H groups in total. The van der Waals surface area contributed by atoms with Gasteiger partial charge < -0.3 is 16.0 Å². The maximum absolute atomic E-state index is 12.9. The summed E-state index contributed by atoms with van der Waals surface area (Å²) in [6.45, 7) is 0.561. The van der Waals surface area contributed by atoms with Crippen molar-refractivity contribution in [3.8, 4) is 0 Å². The van der Waals surface area contributed by atoms with Crippen molar-refractivity contribution in [3.05, 3.63) is 65.7 Å². The van der Waals surface area contributed by atoms with E-state index in [0.29, 0.717) is 23.4 Å². The fraction of sp³-hybridized carbons (Fsp3) is 0.190. The summed E-state index contributed by atoms with van der Waals surface area (Å²) in [4.78, 5) is 23.9. The number of halogens is 1. The van der Waals surface area contributed by atoms with Gasteiger partial charge in [0, 0.05) is 17.5 Å². The minimum absolute atomic E-state index is 0.191. The summed E-state index contributed by atoms with van der Waals surface area (Å²) in [5, 5.41) is 3.91. The molecule has 0 aliphatic rings. The number of rotatable bonds is 6. The van der Waals surface area contributed by atoms with E-state index in [2.05, 4.69) is 26.3 Å². The minimum atomic E-state index is -0.353. The lowest BCUT2D eigenvalue weighted by atomic mass is 10.0. The van der Waals surface area contributed by atoms with Gasteiger partial charge in [0.2, 0.25) is 0 Å². The molecular weight excluding hydrogens is 357 g/mol. The molecule has 28 heavy (non-hydrogen) atoms. The van der Waals surface area contributed by atoms with E-state index in [4.69, 9.17) is 5.73 Å². The molecule has 0 fully saturated rings. The van der Waals surface area contributed by atoms with Crippen LogP contribution in [0.3, 0.4) is 0 Å². The lowest BCUT2D eigenvalue weighted by molar-refractivity contribution is 0.0953. The van der Waals surface area contributed by atoms with Crippen molar-refractivity contribution in [2.24, 2.45) is 0 Å². The number of hydrogen-bond acceptors (Lipinski definition) is 4. The van der Waals surface area contributed by atoms with Crippen molar-refractivity contribution < 1.29 is 9.18 Å². The van der Waals surface area contributed by atoms with Crippen LogP contribution in [0.5, 0.6) is 0 Å². The number of unbranched alkanes of at least 4 members (excludes halogenated alkanes) is 1. The summed E-state index contributed by atoms with van der Waals surface area (Å²) < 4.78 is 12.9. The van der Waals surface area contributed by atoms with Gasteiger partial charge in [-0.15, -0.1) is 0 Å². The zero-order valence-electron chi connectivity index (χ0n) is 15.2. The van der Waals surface area contributed by atoms with Crippen molar-refractivity contribution >= 4 is 33.7 Å². The number of nitrogens with zero attached hydrogens (tertiary/aromatic N) is 2. The second-order valence-corrected chi connectivity index (χ2v) is 6.65. The van der Waals surface area contributed by atoms with E-state index in [1.165, 1.54) is 29.8 Å². The summed E-state index contributed by atoms with van der Waals surface area (Å²) in [5.74, 6) is -0.123.